The van der Waals surface area contributed by atoms with Crippen LogP contribution in [0.4, 0.5) is 0 Å². The standard InChI is InChI=1S/C11H18N6/c1-8(2)5-17-7-15-16-11(17)10(12)3-9-4-13-6-14-9/h4,6-8,10H,3,5,12H2,1-2H3,(H,13,14)/t10-/m1/s1. The second kappa shape index (κ2) is 5.09. The molecule has 92 valence electrons. The fourth-order valence-corrected chi connectivity index (χ4v) is 1.81. The third-order valence-electron chi connectivity index (χ3n) is 2.53. The first kappa shape index (κ1) is 11.8. The smallest absolute Gasteiger partial charge is 0.150 e. The Morgan fingerprint density at radius 3 is 2.94 bits per heavy atom. The van der Waals surface area contributed by atoms with Gasteiger partial charge >= 0.3 is 0 Å². The summed E-state index contributed by atoms with van der Waals surface area (Å²) in [5, 5.41) is 8.04. The summed E-state index contributed by atoms with van der Waals surface area (Å²) in [6.07, 6.45) is 5.86. The zero-order valence-corrected chi connectivity index (χ0v) is 10.2. The lowest BCUT2D eigenvalue weighted by Crippen LogP contribution is -2.20. The first-order chi connectivity index (χ1) is 8.16. The summed E-state index contributed by atoms with van der Waals surface area (Å²) in [5.41, 5.74) is 7.15. The molecule has 0 aliphatic rings. The number of imidazole rings is 1. The minimum atomic E-state index is -0.156. The van der Waals surface area contributed by atoms with E-state index < -0.39 is 0 Å². The zero-order valence-electron chi connectivity index (χ0n) is 10.2. The van der Waals surface area contributed by atoms with Crippen LogP contribution < -0.4 is 5.73 Å². The van der Waals surface area contributed by atoms with Gasteiger partial charge in [-0.05, 0) is 5.92 Å². The van der Waals surface area contributed by atoms with Gasteiger partial charge in [0, 0.05) is 24.9 Å². The second-order valence-electron chi connectivity index (χ2n) is 4.62. The topological polar surface area (TPSA) is 85.4 Å². The monoisotopic (exact) mass is 234 g/mol. The molecular weight excluding hydrogens is 216 g/mol. The lowest BCUT2D eigenvalue weighted by Gasteiger charge is -2.13. The summed E-state index contributed by atoms with van der Waals surface area (Å²) in [5.74, 6) is 1.37. The average Bonchev–Trinajstić information content (AvgIpc) is 2.87. The van der Waals surface area contributed by atoms with Crippen molar-refractivity contribution >= 4 is 0 Å². The van der Waals surface area contributed by atoms with E-state index in [1.165, 1.54) is 0 Å². The van der Waals surface area contributed by atoms with E-state index in [1.807, 2.05) is 4.57 Å². The number of rotatable bonds is 5. The molecule has 0 unspecified atom stereocenters. The van der Waals surface area contributed by atoms with Crippen molar-refractivity contribution in [1.29, 1.82) is 0 Å². The van der Waals surface area contributed by atoms with Crippen molar-refractivity contribution in [3.05, 3.63) is 30.4 Å². The minimum absolute atomic E-state index is 0.156. The number of nitrogens with zero attached hydrogens (tertiary/aromatic N) is 4. The molecule has 0 aliphatic carbocycles. The summed E-state index contributed by atoms with van der Waals surface area (Å²) in [6, 6.07) is -0.156. The fourth-order valence-electron chi connectivity index (χ4n) is 1.81. The number of aromatic amines is 1. The van der Waals surface area contributed by atoms with Crippen LogP contribution in [0.2, 0.25) is 0 Å². The van der Waals surface area contributed by atoms with E-state index in [2.05, 4.69) is 34.0 Å². The molecule has 2 aromatic heterocycles. The fraction of sp³-hybridized carbons (Fsp3) is 0.545. The first-order valence-corrected chi connectivity index (χ1v) is 5.77. The van der Waals surface area contributed by atoms with Crippen LogP contribution in [0.3, 0.4) is 0 Å². The lowest BCUT2D eigenvalue weighted by molar-refractivity contribution is 0.487. The molecule has 1 atom stereocenters. The van der Waals surface area contributed by atoms with Gasteiger partial charge in [0.2, 0.25) is 0 Å². The Bertz CT molecular complexity index is 444. The summed E-state index contributed by atoms with van der Waals surface area (Å²) >= 11 is 0. The Kier molecular flexibility index (Phi) is 3.53. The highest BCUT2D eigenvalue weighted by Crippen LogP contribution is 2.13. The number of hydrogen-bond donors (Lipinski definition) is 2. The van der Waals surface area contributed by atoms with Crippen LogP contribution >= 0.6 is 0 Å². The molecule has 17 heavy (non-hydrogen) atoms. The molecule has 2 rings (SSSR count). The van der Waals surface area contributed by atoms with Gasteiger partial charge in [-0.15, -0.1) is 10.2 Å². The molecular formula is C11H18N6. The summed E-state index contributed by atoms with van der Waals surface area (Å²) < 4.78 is 2.02. The summed E-state index contributed by atoms with van der Waals surface area (Å²) in [6.45, 7) is 5.20. The van der Waals surface area contributed by atoms with Gasteiger partial charge in [0.1, 0.15) is 12.2 Å². The van der Waals surface area contributed by atoms with E-state index in [4.69, 9.17) is 5.73 Å². The molecule has 6 heteroatoms. The van der Waals surface area contributed by atoms with Gasteiger partial charge < -0.3 is 15.3 Å². The Hall–Kier alpha value is -1.69. The van der Waals surface area contributed by atoms with Crippen molar-refractivity contribution < 1.29 is 0 Å². The SMILES string of the molecule is CC(C)Cn1cnnc1[C@H](N)Cc1cnc[nH]1. The number of hydrogen-bond acceptors (Lipinski definition) is 4. The zero-order chi connectivity index (χ0) is 12.3. The van der Waals surface area contributed by atoms with E-state index in [-0.39, 0.29) is 6.04 Å². The van der Waals surface area contributed by atoms with Crippen LogP contribution in [0, 0.1) is 5.92 Å². The Labute approximate surface area is 100 Å². The molecule has 2 heterocycles. The van der Waals surface area contributed by atoms with Crippen LogP contribution in [0.15, 0.2) is 18.9 Å². The largest absolute Gasteiger partial charge is 0.348 e. The van der Waals surface area contributed by atoms with Crippen LogP contribution in [0.25, 0.3) is 0 Å². The maximum atomic E-state index is 6.14. The highest BCUT2D eigenvalue weighted by atomic mass is 15.3. The quantitative estimate of drug-likeness (QED) is 0.804. The van der Waals surface area contributed by atoms with Crippen LogP contribution in [-0.2, 0) is 13.0 Å². The van der Waals surface area contributed by atoms with Gasteiger partial charge in [-0.1, -0.05) is 13.8 Å². The van der Waals surface area contributed by atoms with Gasteiger partial charge in [0.15, 0.2) is 0 Å². The molecule has 0 aromatic carbocycles. The number of H-pyrrole nitrogens is 1. The van der Waals surface area contributed by atoms with Gasteiger partial charge in [-0.25, -0.2) is 4.98 Å². The molecule has 0 radical (unpaired) electrons. The Morgan fingerprint density at radius 2 is 2.29 bits per heavy atom. The van der Waals surface area contributed by atoms with Gasteiger partial charge in [0.05, 0.1) is 12.4 Å². The second-order valence-corrected chi connectivity index (χ2v) is 4.62. The number of aromatic nitrogens is 5. The lowest BCUT2D eigenvalue weighted by atomic mass is 10.1. The molecule has 0 amide bonds. The maximum Gasteiger partial charge on any atom is 0.150 e. The minimum Gasteiger partial charge on any atom is -0.348 e. The number of nitrogens with two attached hydrogens (primary N) is 1. The molecule has 0 spiro atoms. The first-order valence-electron chi connectivity index (χ1n) is 5.77. The molecule has 2 aromatic rings. The van der Waals surface area contributed by atoms with E-state index in [0.29, 0.717) is 12.3 Å². The molecule has 6 nitrogen and oxygen atoms in total. The predicted molar refractivity (Wildman–Crippen MR) is 64.1 cm³/mol. The van der Waals surface area contributed by atoms with Crippen molar-refractivity contribution in [2.45, 2.75) is 32.9 Å². The van der Waals surface area contributed by atoms with Crippen LogP contribution in [0.5, 0.6) is 0 Å². The van der Waals surface area contributed by atoms with Crippen molar-refractivity contribution in [2.24, 2.45) is 11.7 Å². The van der Waals surface area contributed by atoms with Crippen molar-refractivity contribution in [3.63, 3.8) is 0 Å². The molecule has 0 saturated heterocycles. The Morgan fingerprint density at radius 1 is 1.47 bits per heavy atom. The molecule has 0 bridgehead atoms. The molecule has 0 fully saturated rings. The van der Waals surface area contributed by atoms with E-state index >= 15 is 0 Å². The highest BCUT2D eigenvalue weighted by Gasteiger charge is 2.15. The van der Waals surface area contributed by atoms with E-state index in [1.54, 1.807) is 18.9 Å². The normalized spacial score (nSPS) is 13.2. The third kappa shape index (κ3) is 2.91. The van der Waals surface area contributed by atoms with Crippen molar-refractivity contribution in [3.8, 4) is 0 Å². The molecule has 3 N–H and O–H groups in total. The maximum absolute atomic E-state index is 6.14. The van der Waals surface area contributed by atoms with Gasteiger partial charge in [-0.3, -0.25) is 0 Å². The van der Waals surface area contributed by atoms with Crippen molar-refractivity contribution in [2.75, 3.05) is 0 Å². The summed E-state index contributed by atoms with van der Waals surface area (Å²) in [7, 11) is 0. The van der Waals surface area contributed by atoms with Crippen molar-refractivity contribution in [1.82, 2.24) is 24.7 Å². The molecule has 0 aliphatic heterocycles. The third-order valence-corrected chi connectivity index (χ3v) is 2.53. The Balaban J connectivity index is 2.08. The van der Waals surface area contributed by atoms with Crippen LogP contribution in [0.1, 0.15) is 31.4 Å². The molecule has 0 saturated carbocycles. The van der Waals surface area contributed by atoms with Gasteiger partial charge in [0.25, 0.3) is 0 Å². The van der Waals surface area contributed by atoms with E-state index in [0.717, 1.165) is 18.1 Å². The van der Waals surface area contributed by atoms with Crippen LogP contribution in [-0.4, -0.2) is 24.7 Å². The predicted octanol–water partition coefficient (Wildman–Crippen LogP) is 0.900. The highest BCUT2D eigenvalue weighted by molar-refractivity contribution is 5.03. The summed E-state index contributed by atoms with van der Waals surface area (Å²) in [4.78, 5) is 7.02. The average molecular weight is 234 g/mol. The van der Waals surface area contributed by atoms with Gasteiger partial charge in [-0.2, -0.15) is 0 Å². The number of nitrogens with one attached hydrogen (secondary N) is 1. The van der Waals surface area contributed by atoms with E-state index in [9.17, 15) is 0 Å².